The third-order valence-corrected chi connectivity index (χ3v) is 3.77. The molecule has 0 saturated heterocycles. The van der Waals surface area contributed by atoms with E-state index in [-0.39, 0.29) is 5.69 Å². The predicted molar refractivity (Wildman–Crippen MR) is 85.9 cm³/mol. The van der Waals surface area contributed by atoms with Crippen molar-refractivity contribution in [1.82, 2.24) is 0 Å². The van der Waals surface area contributed by atoms with Crippen LogP contribution < -0.4 is 10.1 Å². The Balaban J connectivity index is 2.11. The zero-order valence-electron chi connectivity index (χ0n) is 11.7. The van der Waals surface area contributed by atoms with Gasteiger partial charge in [0, 0.05) is 18.3 Å². The third-order valence-electron chi connectivity index (χ3n) is 3.10. The Morgan fingerprint density at radius 3 is 2.67 bits per heavy atom. The summed E-state index contributed by atoms with van der Waals surface area (Å²) >= 11 is 3.18. The minimum absolute atomic E-state index is 0.0696. The van der Waals surface area contributed by atoms with E-state index < -0.39 is 4.92 Å². The van der Waals surface area contributed by atoms with Crippen molar-refractivity contribution in [3.63, 3.8) is 0 Å². The first-order valence-corrected chi connectivity index (χ1v) is 7.12. The molecule has 0 aromatic heterocycles. The molecule has 21 heavy (non-hydrogen) atoms. The van der Waals surface area contributed by atoms with E-state index >= 15 is 0 Å². The zero-order valence-corrected chi connectivity index (χ0v) is 13.3. The summed E-state index contributed by atoms with van der Waals surface area (Å²) in [5, 5.41) is 14.1. The number of ether oxygens (including phenoxy) is 1. The summed E-state index contributed by atoms with van der Waals surface area (Å²) in [6.45, 7) is 2.48. The Bertz CT molecular complexity index is 674. The summed E-state index contributed by atoms with van der Waals surface area (Å²) in [6.07, 6.45) is 0. The fourth-order valence-electron chi connectivity index (χ4n) is 2.00. The molecule has 0 fully saturated rings. The minimum atomic E-state index is -0.398. The number of hydrogen-bond donors (Lipinski definition) is 1. The van der Waals surface area contributed by atoms with Crippen LogP contribution in [-0.4, -0.2) is 12.0 Å². The van der Waals surface area contributed by atoms with Crippen molar-refractivity contribution in [2.24, 2.45) is 0 Å². The van der Waals surface area contributed by atoms with Gasteiger partial charge >= 0.3 is 0 Å². The first-order chi connectivity index (χ1) is 10.0. The lowest BCUT2D eigenvalue weighted by atomic mass is 10.1. The molecule has 2 rings (SSSR count). The van der Waals surface area contributed by atoms with Crippen LogP contribution in [0.4, 0.5) is 11.4 Å². The summed E-state index contributed by atoms with van der Waals surface area (Å²) in [4.78, 5) is 10.5. The van der Waals surface area contributed by atoms with Gasteiger partial charge in [0.15, 0.2) is 0 Å². The maximum atomic E-state index is 10.9. The van der Waals surface area contributed by atoms with Crippen LogP contribution >= 0.6 is 15.9 Å². The number of nitrogens with zero attached hydrogens (tertiary/aromatic N) is 1. The van der Waals surface area contributed by atoms with E-state index in [0.29, 0.717) is 11.0 Å². The van der Waals surface area contributed by atoms with Gasteiger partial charge in [-0.3, -0.25) is 10.1 Å². The number of halogens is 1. The second-order valence-corrected chi connectivity index (χ2v) is 5.44. The van der Waals surface area contributed by atoms with Crippen LogP contribution in [0.3, 0.4) is 0 Å². The lowest BCUT2D eigenvalue weighted by Crippen LogP contribution is -2.01. The highest BCUT2D eigenvalue weighted by atomic mass is 79.9. The third kappa shape index (κ3) is 3.72. The first-order valence-electron chi connectivity index (χ1n) is 6.32. The van der Waals surface area contributed by atoms with Crippen molar-refractivity contribution in [3.8, 4) is 5.75 Å². The Labute approximate surface area is 131 Å². The normalized spacial score (nSPS) is 10.2. The number of nitro benzene ring substituents is 1. The van der Waals surface area contributed by atoms with Gasteiger partial charge in [0.25, 0.3) is 5.69 Å². The smallest absolute Gasteiger partial charge is 0.283 e. The molecule has 2 aromatic rings. The molecule has 0 atom stereocenters. The van der Waals surface area contributed by atoms with Crippen LogP contribution in [0.25, 0.3) is 0 Å². The highest BCUT2D eigenvalue weighted by Crippen LogP contribution is 2.26. The Morgan fingerprint density at radius 1 is 1.29 bits per heavy atom. The molecule has 0 aliphatic rings. The van der Waals surface area contributed by atoms with Crippen molar-refractivity contribution < 1.29 is 9.66 Å². The molecule has 2 aromatic carbocycles. The molecule has 0 radical (unpaired) electrons. The fraction of sp³-hybridized carbons (Fsp3) is 0.200. The van der Waals surface area contributed by atoms with E-state index in [1.165, 1.54) is 0 Å². The van der Waals surface area contributed by atoms with E-state index in [2.05, 4.69) is 21.2 Å². The number of methoxy groups -OCH3 is 1. The predicted octanol–water partition coefficient (Wildman–Crippen LogP) is 4.29. The SMILES string of the molecule is COc1ccc(NCc2ccc(Br)c([N+](=O)[O-])c2)cc1C. The van der Waals surface area contributed by atoms with Gasteiger partial charge in [-0.15, -0.1) is 0 Å². The van der Waals surface area contributed by atoms with E-state index in [1.54, 1.807) is 19.2 Å². The van der Waals surface area contributed by atoms with Crippen LogP contribution in [0.5, 0.6) is 5.75 Å². The van der Waals surface area contributed by atoms with Crippen molar-refractivity contribution in [2.45, 2.75) is 13.5 Å². The fourth-order valence-corrected chi connectivity index (χ4v) is 2.39. The summed E-state index contributed by atoms with van der Waals surface area (Å²) in [6, 6.07) is 10.9. The standard InChI is InChI=1S/C15H15BrN2O3/c1-10-7-12(4-6-15(10)21-2)17-9-11-3-5-13(16)14(8-11)18(19)20/h3-8,17H,9H2,1-2H3. The number of rotatable bonds is 5. The maximum absolute atomic E-state index is 10.9. The quantitative estimate of drug-likeness (QED) is 0.645. The summed E-state index contributed by atoms with van der Waals surface area (Å²) < 4.78 is 5.69. The van der Waals surface area contributed by atoms with Crippen molar-refractivity contribution >= 4 is 27.3 Å². The Kier molecular flexibility index (Phi) is 4.80. The molecule has 110 valence electrons. The Hall–Kier alpha value is -2.08. The molecular weight excluding hydrogens is 336 g/mol. The molecular formula is C15H15BrN2O3. The zero-order chi connectivity index (χ0) is 15.4. The van der Waals surface area contributed by atoms with Crippen LogP contribution in [0.15, 0.2) is 40.9 Å². The second kappa shape index (κ2) is 6.58. The van der Waals surface area contributed by atoms with Gasteiger partial charge in [0.05, 0.1) is 16.5 Å². The average molecular weight is 351 g/mol. The van der Waals surface area contributed by atoms with E-state index in [4.69, 9.17) is 4.74 Å². The summed E-state index contributed by atoms with van der Waals surface area (Å²) in [5.74, 6) is 0.833. The first kappa shape index (κ1) is 15.3. The highest BCUT2D eigenvalue weighted by Gasteiger charge is 2.12. The van der Waals surface area contributed by atoms with Gasteiger partial charge in [-0.2, -0.15) is 0 Å². The molecule has 6 heteroatoms. The molecule has 0 unspecified atom stereocenters. The van der Waals surface area contributed by atoms with E-state index in [0.717, 1.165) is 22.6 Å². The topological polar surface area (TPSA) is 64.4 Å². The van der Waals surface area contributed by atoms with Crippen molar-refractivity contribution in [2.75, 3.05) is 12.4 Å². The summed E-state index contributed by atoms with van der Waals surface area (Å²) in [7, 11) is 1.64. The van der Waals surface area contributed by atoms with Gasteiger partial charge in [-0.1, -0.05) is 6.07 Å². The van der Waals surface area contributed by atoms with Gasteiger partial charge in [-0.05, 0) is 58.2 Å². The maximum Gasteiger partial charge on any atom is 0.283 e. The van der Waals surface area contributed by atoms with Crippen molar-refractivity contribution in [3.05, 3.63) is 62.1 Å². The molecule has 0 spiro atoms. The minimum Gasteiger partial charge on any atom is -0.496 e. The monoisotopic (exact) mass is 350 g/mol. The van der Waals surface area contributed by atoms with Crippen LogP contribution in [0.2, 0.25) is 0 Å². The average Bonchev–Trinajstić information content (AvgIpc) is 2.46. The van der Waals surface area contributed by atoms with Gasteiger partial charge in [0.2, 0.25) is 0 Å². The van der Waals surface area contributed by atoms with E-state index in [9.17, 15) is 10.1 Å². The largest absolute Gasteiger partial charge is 0.496 e. The number of benzene rings is 2. The van der Waals surface area contributed by atoms with Crippen molar-refractivity contribution in [1.29, 1.82) is 0 Å². The molecule has 0 amide bonds. The molecule has 0 saturated carbocycles. The number of nitrogens with one attached hydrogen (secondary N) is 1. The highest BCUT2D eigenvalue weighted by molar-refractivity contribution is 9.10. The van der Waals surface area contributed by atoms with E-state index in [1.807, 2.05) is 31.2 Å². The number of aryl methyl sites for hydroxylation is 1. The number of hydrogen-bond acceptors (Lipinski definition) is 4. The molecule has 0 heterocycles. The van der Waals surface area contributed by atoms with Gasteiger partial charge in [0.1, 0.15) is 5.75 Å². The summed E-state index contributed by atoms with van der Waals surface area (Å²) in [5.41, 5.74) is 2.89. The molecule has 5 nitrogen and oxygen atoms in total. The Morgan fingerprint density at radius 2 is 2.05 bits per heavy atom. The van der Waals surface area contributed by atoms with Crippen LogP contribution in [-0.2, 0) is 6.54 Å². The second-order valence-electron chi connectivity index (χ2n) is 4.58. The molecule has 0 aliphatic carbocycles. The lowest BCUT2D eigenvalue weighted by molar-refractivity contribution is -0.385. The number of anilines is 1. The molecule has 0 bridgehead atoms. The van der Waals surface area contributed by atoms with Gasteiger partial charge < -0.3 is 10.1 Å². The van der Waals surface area contributed by atoms with Gasteiger partial charge in [-0.25, -0.2) is 0 Å². The lowest BCUT2D eigenvalue weighted by Gasteiger charge is -2.10. The number of nitro groups is 1. The molecule has 1 N–H and O–H groups in total. The molecule has 0 aliphatic heterocycles. The van der Waals surface area contributed by atoms with Crippen LogP contribution in [0.1, 0.15) is 11.1 Å². The van der Waals surface area contributed by atoms with Crippen LogP contribution in [0, 0.1) is 17.0 Å².